The fraction of sp³-hybridized carbons (Fsp3) is 0.357. The number of hydrogen-bond donors (Lipinski definition) is 1. The molecule has 4 heteroatoms. The second kappa shape index (κ2) is 4.98. The summed E-state index contributed by atoms with van der Waals surface area (Å²) in [6.45, 7) is 0. The van der Waals surface area contributed by atoms with E-state index in [0.717, 1.165) is 22.0 Å². The second-order valence-corrected chi connectivity index (χ2v) is 5.50. The maximum Gasteiger partial charge on any atom is 0.119 e. The first kappa shape index (κ1) is 11.5. The predicted molar refractivity (Wildman–Crippen MR) is 74.8 cm³/mol. The van der Waals surface area contributed by atoms with Gasteiger partial charge >= 0.3 is 0 Å². The van der Waals surface area contributed by atoms with Crippen LogP contribution in [0, 0.1) is 0 Å². The Labute approximate surface area is 111 Å². The monoisotopic (exact) mass is 260 g/mol. The molecule has 1 aromatic carbocycles. The molecule has 1 aromatic heterocycles. The lowest BCUT2D eigenvalue weighted by Gasteiger charge is -2.13. The standard InChI is InChI=1S/C14H16N2OS/c15-14-13(16-9-18-14)10-5-7-12(8-6-10)17-11-3-1-2-4-11/h5-9,11H,1-4,15H2. The first-order valence-electron chi connectivity index (χ1n) is 6.29. The molecule has 2 aromatic rings. The molecule has 0 unspecified atom stereocenters. The van der Waals surface area contributed by atoms with Crippen LogP contribution in [0.5, 0.6) is 5.75 Å². The Balaban J connectivity index is 1.74. The van der Waals surface area contributed by atoms with Crippen molar-refractivity contribution in [1.29, 1.82) is 0 Å². The number of anilines is 1. The van der Waals surface area contributed by atoms with Gasteiger partial charge in [-0.3, -0.25) is 0 Å². The van der Waals surface area contributed by atoms with Gasteiger partial charge in [0.15, 0.2) is 0 Å². The average Bonchev–Trinajstić information content (AvgIpc) is 3.02. The van der Waals surface area contributed by atoms with E-state index in [4.69, 9.17) is 10.5 Å². The Bertz CT molecular complexity index is 515. The van der Waals surface area contributed by atoms with Crippen LogP contribution in [-0.4, -0.2) is 11.1 Å². The SMILES string of the molecule is Nc1scnc1-c1ccc(OC2CCCC2)cc1. The zero-order valence-electron chi connectivity index (χ0n) is 10.1. The summed E-state index contributed by atoms with van der Waals surface area (Å²) in [6.07, 6.45) is 5.35. The van der Waals surface area contributed by atoms with Gasteiger partial charge in [-0.05, 0) is 49.9 Å². The van der Waals surface area contributed by atoms with Crippen molar-refractivity contribution < 1.29 is 4.74 Å². The lowest BCUT2D eigenvalue weighted by Crippen LogP contribution is -2.10. The molecule has 2 N–H and O–H groups in total. The lowest BCUT2D eigenvalue weighted by atomic mass is 10.1. The molecule has 3 nitrogen and oxygen atoms in total. The molecule has 0 amide bonds. The molecule has 0 spiro atoms. The van der Waals surface area contributed by atoms with Crippen molar-refractivity contribution in [2.75, 3.05) is 5.73 Å². The van der Waals surface area contributed by atoms with Crippen LogP contribution in [-0.2, 0) is 0 Å². The molecule has 0 saturated heterocycles. The van der Waals surface area contributed by atoms with E-state index >= 15 is 0 Å². The zero-order chi connectivity index (χ0) is 12.4. The largest absolute Gasteiger partial charge is 0.490 e. The van der Waals surface area contributed by atoms with Crippen molar-refractivity contribution in [3.63, 3.8) is 0 Å². The van der Waals surface area contributed by atoms with Gasteiger partial charge in [-0.15, -0.1) is 11.3 Å². The number of nitrogens with two attached hydrogens (primary N) is 1. The van der Waals surface area contributed by atoms with Crippen LogP contribution in [0.4, 0.5) is 5.00 Å². The maximum absolute atomic E-state index is 5.93. The topological polar surface area (TPSA) is 48.1 Å². The zero-order valence-corrected chi connectivity index (χ0v) is 11.0. The molecule has 1 aliphatic rings. The van der Waals surface area contributed by atoms with E-state index in [1.54, 1.807) is 5.51 Å². The summed E-state index contributed by atoms with van der Waals surface area (Å²) in [5.41, 5.74) is 9.56. The molecule has 18 heavy (non-hydrogen) atoms. The van der Waals surface area contributed by atoms with Crippen molar-refractivity contribution in [2.24, 2.45) is 0 Å². The minimum absolute atomic E-state index is 0.403. The Morgan fingerprint density at radius 1 is 1.17 bits per heavy atom. The number of nitrogens with zero attached hydrogens (tertiary/aromatic N) is 1. The van der Waals surface area contributed by atoms with Crippen molar-refractivity contribution in [3.05, 3.63) is 29.8 Å². The van der Waals surface area contributed by atoms with Gasteiger partial charge in [0.2, 0.25) is 0 Å². The van der Waals surface area contributed by atoms with Gasteiger partial charge < -0.3 is 10.5 Å². The summed E-state index contributed by atoms with van der Waals surface area (Å²) in [6, 6.07) is 8.06. The van der Waals surface area contributed by atoms with Gasteiger partial charge in [0.25, 0.3) is 0 Å². The van der Waals surface area contributed by atoms with Gasteiger partial charge in [0, 0.05) is 5.56 Å². The highest BCUT2D eigenvalue weighted by Gasteiger charge is 2.16. The van der Waals surface area contributed by atoms with E-state index in [2.05, 4.69) is 4.98 Å². The molecule has 0 bridgehead atoms. The Morgan fingerprint density at radius 2 is 1.89 bits per heavy atom. The van der Waals surface area contributed by atoms with Crippen LogP contribution >= 0.6 is 11.3 Å². The highest BCUT2D eigenvalue weighted by Crippen LogP contribution is 2.30. The first-order chi connectivity index (χ1) is 8.83. The summed E-state index contributed by atoms with van der Waals surface area (Å²) in [4.78, 5) is 4.27. The molecule has 0 atom stereocenters. The third kappa shape index (κ3) is 2.34. The normalized spacial score (nSPS) is 16.0. The maximum atomic E-state index is 5.93. The number of aromatic nitrogens is 1. The first-order valence-corrected chi connectivity index (χ1v) is 7.17. The molecule has 0 radical (unpaired) electrons. The minimum Gasteiger partial charge on any atom is -0.490 e. The van der Waals surface area contributed by atoms with E-state index in [-0.39, 0.29) is 0 Å². The molecular formula is C14H16N2OS. The number of ether oxygens (including phenoxy) is 1. The summed E-state index contributed by atoms with van der Waals surface area (Å²) < 4.78 is 5.93. The molecule has 1 heterocycles. The fourth-order valence-electron chi connectivity index (χ4n) is 2.36. The number of hydrogen-bond acceptors (Lipinski definition) is 4. The van der Waals surface area contributed by atoms with Crippen LogP contribution in [0.3, 0.4) is 0 Å². The van der Waals surface area contributed by atoms with E-state index < -0.39 is 0 Å². The Morgan fingerprint density at radius 3 is 2.50 bits per heavy atom. The van der Waals surface area contributed by atoms with Gasteiger partial charge in [0.1, 0.15) is 16.4 Å². The molecular weight excluding hydrogens is 244 g/mol. The highest BCUT2D eigenvalue weighted by atomic mass is 32.1. The molecule has 1 fully saturated rings. The summed E-state index contributed by atoms with van der Waals surface area (Å²) in [5, 5.41) is 0.763. The van der Waals surface area contributed by atoms with Crippen molar-refractivity contribution in [3.8, 4) is 17.0 Å². The van der Waals surface area contributed by atoms with Gasteiger partial charge in [-0.2, -0.15) is 0 Å². The molecule has 3 rings (SSSR count). The van der Waals surface area contributed by atoms with E-state index in [1.807, 2.05) is 24.3 Å². The molecule has 94 valence electrons. The summed E-state index contributed by atoms with van der Waals surface area (Å²) >= 11 is 1.47. The predicted octanol–water partition coefficient (Wildman–Crippen LogP) is 3.71. The summed E-state index contributed by atoms with van der Waals surface area (Å²) in [7, 11) is 0. The Hall–Kier alpha value is -1.55. The number of nitrogen functional groups attached to an aromatic ring is 1. The third-order valence-corrected chi connectivity index (χ3v) is 3.99. The summed E-state index contributed by atoms with van der Waals surface area (Å²) in [5.74, 6) is 0.944. The molecule has 1 saturated carbocycles. The number of benzene rings is 1. The van der Waals surface area contributed by atoms with Gasteiger partial charge in [0.05, 0.1) is 11.6 Å². The number of rotatable bonds is 3. The quantitative estimate of drug-likeness (QED) is 0.915. The van der Waals surface area contributed by atoms with Crippen molar-refractivity contribution in [1.82, 2.24) is 4.98 Å². The second-order valence-electron chi connectivity index (χ2n) is 4.61. The van der Waals surface area contributed by atoms with E-state index in [0.29, 0.717) is 6.10 Å². The number of thiazole rings is 1. The lowest BCUT2D eigenvalue weighted by molar-refractivity contribution is 0.210. The molecule has 0 aliphatic heterocycles. The average molecular weight is 260 g/mol. The van der Waals surface area contributed by atoms with Gasteiger partial charge in [-0.25, -0.2) is 4.98 Å². The molecule has 1 aliphatic carbocycles. The van der Waals surface area contributed by atoms with Crippen LogP contribution < -0.4 is 10.5 Å². The smallest absolute Gasteiger partial charge is 0.119 e. The van der Waals surface area contributed by atoms with Crippen LogP contribution in [0.25, 0.3) is 11.3 Å². The fourth-order valence-corrected chi connectivity index (χ4v) is 2.92. The highest BCUT2D eigenvalue weighted by molar-refractivity contribution is 7.14. The third-order valence-electron chi connectivity index (χ3n) is 3.33. The van der Waals surface area contributed by atoms with E-state index in [1.165, 1.54) is 37.0 Å². The Kier molecular flexibility index (Phi) is 3.19. The van der Waals surface area contributed by atoms with Crippen LogP contribution in [0.2, 0.25) is 0 Å². The van der Waals surface area contributed by atoms with Crippen LogP contribution in [0.15, 0.2) is 29.8 Å². The van der Waals surface area contributed by atoms with Crippen molar-refractivity contribution >= 4 is 16.3 Å². The van der Waals surface area contributed by atoms with E-state index in [9.17, 15) is 0 Å². The van der Waals surface area contributed by atoms with Gasteiger partial charge in [-0.1, -0.05) is 0 Å². The van der Waals surface area contributed by atoms with Crippen LogP contribution in [0.1, 0.15) is 25.7 Å². The minimum atomic E-state index is 0.403. The van der Waals surface area contributed by atoms with Crippen molar-refractivity contribution in [2.45, 2.75) is 31.8 Å².